The molecule has 1 aliphatic carbocycles. The van der Waals surface area contributed by atoms with Crippen molar-refractivity contribution < 1.29 is 0 Å². The van der Waals surface area contributed by atoms with E-state index in [-0.39, 0.29) is 12.0 Å². The maximum Gasteiger partial charge on any atom is 0.166 e. The Kier molecular flexibility index (Phi) is 12.2. The predicted molar refractivity (Wildman–Crippen MR) is 383 cm³/mol. The van der Waals surface area contributed by atoms with Crippen molar-refractivity contribution >= 4 is 76.8 Å². The number of hydrogen-bond donors (Lipinski definition) is 1. The highest BCUT2D eigenvalue weighted by Crippen LogP contribution is 2.53. The zero-order valence-corrected chi connectivity index (χ0v) is 50.6. The van der Waals surface area contributed by atoms with Gasteiger partial charge in [-0.1, -0.05) is 224 Å². The lowest BCUT2D eigenvalue weighted by molar-refractivity contribution is 0.745. The number of aromatic amines is 1. The molecule has 2 aliphatic rings. The molecule has 6 heterocycles. The van der Waals surface area contributed by atoms with Crippen molar-refractivity contribution in [1.82, 2.24) is 44.0 Å². The van der Waals surface area contributed by atoms with Crippen LogP contribution in [0.25, 0.3) is 156 Å². The van der Waals surface area contributed by atoms with Gasteiger partial charge >= 0.3 is 0 Å². The van der Waals surface area contributed by atoms with Crippen LogP contribution in [0.4, 0.5) is 11.4 Å². The number of aromatic nitrogens is 9. The molecule has 0 saturated carbocycles. The maximum absolute atomic E-state index is 5.58. The van der Waals surface area contributed by atoms with Gasteiger partial charge in [-0.15, -0.1) is 0 Å². The van der Waals surface area contributed by atoms with E-state index >= 15 is 0 Å². The first-order valence-electron chi connectivity index (χ1n) is 31.8. The smallest absolute Gasteiger partial charge is 0.166 e. The summed E-state index contributed by atoms with van der Waals surface area (Å²) >= 11 is 0. The van der Waals surface area contributed by atoms with Gasteiger partial charge in [0.1, 0.15) is 0 Å². The van der Waals surface area contributed by atoms with Crippen molar-refractivity contribution in [1.29, 1.82) is 0 Å². The SMILES string of the molecule is C1=CC2c3cc4c5ccccc5n(-c5ccccc5)c4cc3N(c3ccc(-c4cc(-c5nc(-c6ccccc6)nc(-c6ccccc6)n5)ccc4-n4c5ccccc5c5cc6c(cc54)[nH]c4ccccc46)cc3-c3nc(-c4ccccc4)nc(-c4ccccc4)n3)C2C=C1. The summed E-state index contributed by atoms with van der Waals surface area (Å²) in [4.78, 5) is 38.5. The first-order valence-corrected chi connectivity index (χ1v) is 31.8. The van der Waals surface area contributed by atoms with Crippen molar-refractivity contribution in [3.63, 3.8) is 0 Å². The highest BCUT2D eigenvalue weighted by atomic mass is 15.2. The van der Waals surface area contributed by atoms with Crippen LogP contribution >= 0.6 is 0 Å². The van der Waals surface area contributed by atoms with Gasteiger partial charge in [-0.25, -0.2) is 29.9 Å². The average Bonchev–Trinajstić information content (AvgIpc) is 1.57. The van der Waals surface area contributed by atoms with E-state index in [4.69, 9.17) is 29.9 Å². The second-order valence-electron chi connectivity index (χ2n) is 24.3. The first kappa shape index (κ1) is 53.2. The monoisotopic (exact) mass is 1200 g/mol. The molecule has 0 fully saturated rings. The zero-order chi connectivity index (χ0) is 61.8. The normalized spacial score (nSPS) is 14.3. The van der Waals surface area contributed by atoms with Crippen LogP contribution < -0.4 is 4.90 Å². The molecule has 0 bridgehead atoms. The van der Waals surface area contributed by atoms with Gasteiger partial charge in [0.05, 0.1) is 39.5 Å². The number of allylic oxidation sites excluding steroid dienone is 2. The summed E-state index contributed by atoms with van der Waals surface area (Å²) in [6.07, 6.45) is 9.11. The fourth-order valence-corrected chi connectivity index (χ4v) is 14.6. The number of H-pyrrole nitrogens is 1. The Labute approximate surface area is 540 Å². The third kappa shape index (κ3) is 8.64. The summed E-state index contributed by atoms with van der Waals surface area (Å²) in [5.74, 6) is 3.45. The van der Waals surface area contributed by atoms with E-state index in [1.54, 1.807) is 0 Å². The molecule has 19 rings (SSSR count). The molecule has 440 valence electrons. The van der Waals surface area contributed by atoms with E-state index in [1.807, 2.05) is 72.8 Å². The van der Waals surface area contributed by atoms with E-state index in [0.717, 1.165) is 111 Å². The second kappa shape index (κ2) is 21.5. The topological polar surface area (TPSA) is 106 Å². The average molecular weight is 1200 g/mol. The van der Waals surface area contributed by atoms with Gasteiger partial charge in [-0.2, -0.15) is 0 Å². The van der Waals surface area contributed by atoms with Crippen molar-refractivity contribution in [2.75, 3.05) is 4.90 Å². The first-order chi connectivity index (χ1) is 46.6. The van der Waals surface area contributed by atoms with Gasteiger partial charge in [-0.05, 0) is 96.1 Å². The standard InChI is InChI=1S/C84H54N10/c1-6-24-52(25-7-1)79-86-80(53-26-8-2-9-27-53)89-83(88-79)57-43-45-74(93-72-40-22-18-36-61(72)65-48-64-59-34-16-20-38-69(59)85-70(64)50-76(65)93)63(47-57)56-42-44-75(68(46-56)84-90-81(54-28-10-3-11-29-54)87-82(91-84)55-30-12-4-13-31-55)94-73-41-23-19-37-62(73)67-49-66-60-35-17-21-39-71(60)92(77(66)51-78(67)94)58-32-14-5-15-33-58/h1-51,62,73,85H. The summed E-state index contributed by atoms with van der Waals surface area (Å²) < 4.78 is 4.84. The Balaban J connectivity index is 0.906. The largest absolute Gasteiger partial charge is 0.354 e. The number of anilines is 2. The molecule has 17 aromatic rings. The lowest BCUT2D eigenvalue weighted by atomic mass is 9.90. The molecule has 1 N–H and O–H groups in total. The summed E-state index contributed by atoms with van der Waals surface area (Å²) in [5, 5.41) is 7.09. The quantitative estimate of drug-likeness (QED) is 0.145. The van der Waals surface area contributed by atoms with Crippen LogP contribution in [0.5, 0.6) is 0 Å². The molecular weight excluding hydrogens is 1150 g/mol. The van der Waals surface area contributed by atoms with Crippen LogP contribution in [0.1, 0.15) is 11.5 Å². The molecule has 2 unspecified atom stereocenters. The highest BCUT2D eigenvalue weighted by Gasteiger charge is 2.40. The van der Waals surface area contributed by atoms with Gasteiger partial charge in [0.25, 0.3) is 0 Å². The van der Waals surface area contributed by atoms with Gasteiger partial charge in [0.2, 0.25) is 0 Å². The number of para-hydroxylation sites is 4. The summed E-state index contributed by atoms with van der Waals surface area (Å²) in [6, 6.07) is 101. The Morgan fingerprint density at radius 2 is 0.745 bits per heavy atom. The fourth-order valence-electron chi connectivity index (χ4n) is 14.6. The fraction of sp³-hybridized carbons (Fsp3) is 0.0238. The van der Waals surface area contributed by atoms with Crippen LogP contribution in [-0.4, -0.2) is 50.1 Å². The molecule has 0 amide bonds. The number of rotatable bonds is 10. The maximum atomic E-state index is 5.58. The summed E-state index contributed by atoms with van der Waals surface area (Å²) in [7, 11) is 0. The van der Waals surface area contributed by atoms with Crippen LogP contribution in [0.2, 0.25) is 0 Å². The van der Waals surface area contributed by atoms with Crippen molar-refractivity contribution in [3.05, 3.63) is 315 Å². The number of nitrogens with zero attached hydrogens (tertiary/aromatic N) is 9. The van der Waals surface area contributed by atoms with E-state index in [2.05, 4.69) is 256 Å². The minimum absolute atomic E-state index is 0.0399. The Bertz CT molecular complexity index is 5820. The van der Waals surface area contributed by atoms with Gasteiger partial charge in [0, 0.05) is 99.6 Å². The van der Waals surface area contributed by atoms with Crippen molar-refractivity contribution in [2.24, 2.45) is 0 Å². The van der Waals surface area contributed by atoms with Gasteiger partial charge in [0.15, 0.2) is 34.9 Å². The number of hydrogen-bond acceptors (Lipinski definition) is 7. The molecule has 10 nitrogen and oxygen atoms in total. The molecule has 2 atom stereocenters. The lowest BCUT2D eigenvalue weighted by Gasteiger charge is -2.31. The molecule has 94 heavy (non-hydrogen) atoms. The van der Waals surface area contributed by atoms with Gasteiger partial charge in [-0.3, -0.25) is 0 Å². The van der Waals surface area contributed by atoms with Crippen molar-refractivity contribution in [2.45, 2.75) is 12.0 Å². The minimum Gasteiger partial charge on any atom is -0.354 e. The highest BCUT2D eigenvalue weighted by molar-refractivity contribution is 6.19. The minimum atomic E-state index is -0.0870. The third-order valence-electron chi connectivity index (χ3n) is 18.9. The van der Waals surface area contributed by atoms with Gasteiger partial charge < -0.3 is 19.0 Å². The second-order valence-corrected chi connectivity index (χ2v) is 24.3. The van der Waals surface area contributed by atoms with Crippen LogP contribution in [0.15, 0.2) is 309 Å². The molecule has 0 saturated heterocycles. The van der Waals surface area contributed by atoms with Crippen LogP contribution in [0, 0.1) is 0 Å². The van der Waals surface area contributed by atoms with Crippen LogP contribution in [0.3, 0.4) is 0 Å². The molecule has 0 radical (unpaired) electrons. The molecule has 1 aliphatic heterocycles. The number of nitrogens with one attached hydrogen (secondary N) is 1. The molecular formula is C84H54N10. The third-order valence-corrected chi connectivity index (χ3v) is 18.9. The Morgan fingerprint density at radius 3 is 1.36 bits per heavy atom. The van der Waals surface area contributed by atoms with E-state index in [1.165, 1.54) is 27.1 Å². The summed E-state index contributed by atoms with van der Waals surface area (Å²) in [5.41, 5.74) is 19.1. The summed E-state index contributed by atoms with van der Waals surface area (Å²) in [6.45, 7) is 0. The molecule has 10 heteroatoms. The van der Waals surface area contributed by atoms with E-state index in [9.17, 15) is 0 Å². The lowest BCUT2D eigenvalue weighted by Crippen LogP contribution is -2.29. The van der Waals surface area contributed by atoms with E-state index < -0.39 is 0 Å². The molecule has 5 aromatic heterocycles. The Hall–Kier alpha value is -12.7. The molecule has 12 aromatic carbocycles. The molecule has 0 spiro atoms. The Morgan fingerprint density at radius 1 is 0.277 bits per heavy atom. The number of benzene rings is 12. The number of fused-ring (bicyclic) bond motifs is 12. The van der Waals surface area contributed by atoms with Crippen LogP contribution in [-0.2, 0) is 0 Å². The zero-order valence-electron chi connectivity index (χ0n) is 50.6. The van der Waals surface area contributed by atoms with E-state index in [0.29, 0.717) is 34.9 Å². The van der Waals surface area contributed by atoms with Crippen molar-refractivity contribution in [3.8, 4) is 90.8 Å². The predicted octanol–water partition coefficient (Wildman–Crippen LogP) is 20.3.